The third kappa shape index (κ3) is 7.31. The van der Waals surface area contributed by atoms with Crippen molar-refractivity contribution in [3.8, 4) is 11.8 Å². The Bertz CT molecular complexity index is 1640. The van der Waals surface area contributed by atoms with Gasteiger partial charge in [-0.2, -0.15) is 43.2 Å². The highest BCUT2D eigenvalue weighted by molar-refractivity contribution is 7.88. The highest BCUT2D eigenvalue weighted by Crippen LogP contribution is 2.28. The smallest absolute Gasteiger partial charge is 0.392 e. The first-order valence-electron chi connectivity index (χ1n) is 10.8. The van der Waals surface area contributed by atoms with Crippen LogP contribution in [-0.4, -0.2) is 59.6 Å². The van der Waals surface area contributed by atoms with Crippen molar-refractivity contribution < 1.29 is 66.2 Å². The number of rotatable bonds is 7. The molecule has 3 aromatic rings. The molecule has 0 radical (unpaired) electrons. The molecule has 226 valence electrons. The number of halogens is 6. The van der Waals surface area contributed by atoms with Crippen molar-refractivity contribution in [1.82, 2.24) is 14.9 Å². The number of carbonyl (C=O) groups is 2. The van der Waals surface area contributed by atoms with Crippen LogP contribution in [0.15, 0.2) is 60.9 Å². The molecule has 2 aromatic heterocycles. The van der Waals surface area contributed by atoms with Gasteiger partial charge in [0.25, 0.3) is 11.8 Å². The van der Waals surface area contributed by atoms with E-state index in [1.807, 2.05) is 0 Å². The first-order valence-corrected chi connectivity index (χ1v) is 13.7. The minimum atomic E-state index is -5.82. The van der Waals surface area contributed by atoms with Crippen molar-refractivity contribution >= 4 is 32.1 Å². The van der Waals surface area contributed by atoms with E-state index in [0.717, 1.165) is 29.4 Å². The first kappa shape index (κ1) is 32.2. The molecule has 1 aliphatic rings. The molecule has 0 fully saturated rings. The molecule has 3 heterocycles. The van der Waals surface area contributed by atoms with Crippen LogP contribution in [0.1, 0.15) is 31.8 Å². The van der Waals surface area contributed by atoms with Crippen molar-refractivity contribution in [3.05, 3.63) is 83.2 Å². The zero-order chi connectivity index (χ0) is 31.5. The second-order valence-electron chi connectivity index (χ2n) is 7.88. The lowest BCUT2D eigenvalue weighted by molar-refractivity contribution is -0.0506. The van der Waals surface area contributed by atoms with E-state index in [2.05, 4.69) is 18.3 Å². The lowest BCUT2D eigenvalue weighted by atomic mass is 10.1. The van der Waals surface area contributed by atoms with Gasteiger partial charge >= 0.3 is 31.3 Å². The van der Waals surface area contributed by atoms with Gasteiger partial charge in [0.05, 0.1) is 24.3 Å². The van der Waals surface area contributed by atoms with Crippen LogP contribution < -0.4 is 8.37 Å². The molecule has 12 nitrogen and oxygen atoms in total. The standard InChI is InChI=1S/C15H9F3N2O5S.C7H6F3NO4S/c16-15(17,18)26(23,24)25-12-6-5-9(7-19-12)8-20-13(21)10-3-1-2-4-11(10)14(20)22;8-7(9,10)16(13,14)15-6-2-1-5(4-12)3-11-6/h1-7H,8H2;1-3,12H,4H2. The molecule has 0 saturated carbocycles. The van der Waals surface area contributed by atoms with E-state index in [0.29, 0.717) is 11.1 Å². The summed E-state index contributed by atoms with van der Waals surface area (Å²) in [5, 5.41) is 8.61. The fraction of sp³-hybridized carbons (Fsp3) is 0.182. The number of carbonyl (C=O) groups excluding carboxylic acids is 2. The highest BCUT2D eigenvalue weighted by Gasteiger charge is 2.49. The Hall–Kier alpha value is -4.30. The molecular weight excluding hydrogens is 628 g/mol. The Balaban J connectivity index is 0.000000260. The Morgan fingerprint density at radius 3 is 1.43 bits per heavy atom. The van der Waals surface area contributed by atoms with Gasteiger partial charge in [-0.05, 0) is 29.3 Å². The summed E-state index contributed by atoms with van der Waals surface area (Å²) in [6, 6.07) is 10.4. The number of amides is 2. The zero-order valence-corrected chi connectivity index (χ0v) is 22.0. The predicted molar refractivity (Wildman–Crippen MR) is 126 cm³/mol. The Labute approximate surface area is 232 Å². The molecule has 0 bridgehead atoms. The number of hydrogen-bond acceptors (Lipinski definition) is 11. The quantitative estimate of drug-likeness (QED) is 0.174. The maximum Gasteiger partial charge on any atom is 0.534 e. The van der Waals surface area contributed by atoms with Crippen LogP contribution in [0, 0.1) is 0 Å². The summed E-state index contributed by atoms with van der Waals surface area (Å²) in [6.45, 7) is -0.537. The van der Waals surface area contributed by atoms with Crippen LogP contribution >= 0.6 is 0 Å². The number of pyridine rings is 2. The van der Waals surface area contributed by atoms with E-state index in [-0.39, 0.29) is 24.3 Å². The van der Waals surface area contributed by atoms with E-state index < -0.39 is 54.8 Å². The summed E-state index contributed by atoms with van der Waals surface area (Å²) in [5.41, 5.74) is -9.95. The maximum absolute atomic E-state index is 12.3. The van der Waals surface area contributed by atoms with Crippen LogP contribution in [0.25, 0.3) is 0 Å². The Morgan fingerprint density at radius 1 is 0.690 bits per heavy atom. The minimum Gasteiger partial charge on any atom is -0.392 e. The lowest BCUT2D eigenvalue weighted by Gasteiger charge is -2.14. The zero-order valence-electron chi connectivity index (χ0n) is 20.3. The van der Waals surface area contributed by atoms with Gasteiger partial charge in [-0.25, -0.2) is 9.97 Å². The maximum atomic E-state index is 12.3. The molecular formula is C22H15F6N3O9S2. The van der Waals surface area contributed by atoms with Gasteiger partial charge in [0.2, 0.25) is 11.8 Å². The molecule has 0 unspecified atom stereocenters. The van der Waals surface area contributed by atoms with Gasteiger partial charge < -0.3 is 13.5 Å². The number of hydrogen-bond donors (Lipinski definition) is 1. The number of fused-ring (bicyclic) bond motifs is 1. The molecule has 4 rings (SSSR count). The highest BCUT2D eigenvalue weighted by atomic mass is 32.2. The van der Waals surface area contributed by atoms with Crippen molar-refractivity contribution in [3.63, 3.8) is 0 Å². The number of aliphatic hydroxyl groups excluding tert-OH is 1. The molecule has 20 heteroatoms. The van der Waals surface area contributed by atoms with Gasteiger partial charge in [-0.1, -0.05) is 18.2 Å². The molecule has 2 amide bonds. The van der Waals surface area contributed by atoms with Crippen LogP contribution in [0.5, 0.6) is 11.8 Å². The number of alkyl halides is 6. The number of aliphatic hydroxyl groups is 1. The van der Waals surface area contributed by atoms with Crippen LogP contribution in [0.2, 0.25) is 0 Å². The number of benzene rings is 1. The van der Waals surface area contributed by atoms with E-state index in [1.54, 1.807) is 12.1 Å². The molecule has 1 aliphatic heterocycles. The molecule has 1 aromatic carbocycles. The van der Waals surface area contributed by atoms with Gasteiger partial charge in [0.1, 0.15) is 0 Å². The topological polar surface area (TPSA) is 170 Å². The van der Waals surface area contributed by atoms with E-state index in [1.165, 1.54) is 24.3 Å². The monoisotopic (exact) mass is 643 g/mol. The lowest BCUT2D eigenvalue weighted by Crippen LogP contribution is -2.29. The summed E-state index contributed by atoms with van der Waals surface area (Å²) in [6.07, 6.45) is 2.02. The van der Waals surface area contributed by atoms with Crippen molar-refractivity contribution in [2.24, 2.45) is 0 Å². The summed E-state index contributed by atoms with van der Waals surface area (Å²) in [7, 11) is -11.5. The van der Waals surface area contributed by atoms with Crippen molar-refractivity contribution in [2.75, 3.05) is 0 Å². The van der Waals surface area contributed by atoms with Crippen LogP contribution in [0.4, 0.5) is 26.3 Å². The van der Waals surface area contributed by atoms with Gasteiger partial charge in [0.15, 0.2) is 0 Å². The third-order valence-electron chi connectivity index (χ3n) is 4.95. The summed E-state index contributed by atoms with van der Waals surface area (Å²) in [5.74, 6) is -2.51. The molecule has 0 saturated heterocycles. The predicted octanol–water partition coefficient (Wildman–Crippen LogP) is 2.91. The molecule has 1 N–H and O–H groups in total. The Morgan fingerprint density at radius 2 is 1.10 bits per heavy atom. The summed E-state index contributed by atoms with van der Waals surface area (Å²) < 4.78 is 123. The SMILES string of the molecule is O=C1c2ccccc2C(=O)N1Cc1ccc(OS(=O)(=O)C(F)(F)F)nc1.O=S(=O)(Oc1ccc(CO)cn1)C(F)(F)F. The van der Waals surface area contributed by atoms with Crippen LogP contribution in [-0.2, 0) is 33.4 Å². The average Bonchev–Trinajstić information content (AvgIpc) is 3.14. The fourth-order valence-corrected chi connectivity index (χ4v) is 3.83. The fourth-order valence-electron chi connectivity index (χ4n) is 2.99. The molecule has 0 aliphatic carbocycles. The van der Waals surface area contributed by atoms with Crippen molar-refractivity contribution in [1.29, 1.82) is 0 Å². The van der Waals surface area contributed by atoms with Gasteiger partial charge in [-0.15, -0.1) is 0 Å². The number of imide groups is 1. The Kier molecular flexibility index (Phi) is 9.13. The van der Waals surface area contributed by atoms with E-state index in [4.69, 9.17) is 5.11 Å². The van der Waals surface area contributed by atoms with E-state index in [9.17, 15) is 52.8 Å². The third-order valence-corrected chi connectivity index (χ3v) is 6.87. The number of aromatic nitrogens is 2. The summed E-state index contributed by atoms with van der Waals surface area (Å²) >= 11 is 0. The normalized spacial score (nSPS) is 13.7. The van der Waals surface area contributed by atoms with Gasteiger partial charge in [-0.3, -0.25) is 14.5 Å². The summed E-state index contributed by atoms with van der Waals surface area (Å²) in [4.78, 5) is 32.2. The van der Waals surface area contributed by atoms with E-state index >= 15 is 0 Å². The first-order chi connectivity index (χ1) is 19.4. The molecule has 42 heavy (non-hydrogen) atoms. The minimum absolute atomic E-state index is 0.175. The van der Waals surface area contributed by atoms with Gasteiger partial charge in [0, 0.05) is 24.5 Å². The van der Waals surface area contributed by atoms with Crippen LogP contribution in [0.3, 0.4) is 0 Å². The second kappa shape index (κ2) is 11.9. The van der Waals surface area contributed by atoms with Crippen molar-refractivity contribution in [2.45, 2.75) is 24.2 Å². The largest absolute Gasteiger partial charge is 0.534 e. The average molecular weight is 643 g/mol. The molecule has 0 spiro atoms. The second-order valence-corrected chi connectivity index (χ2v) is 11.0. The molecule has 0 atom stereocenters. The number of nitrogens with zero attached hydrogens (tertiary/aromatic N) is 3.